The van der Waals surface area contributed by atoms with Gasteiger partial charge in [-0.25, -0.2) is 9.97 Å². The fourth-order valence-electron chi connectivity index (χ4n) is 7.81. The Labute approximate surface area is 271 Å². The number of aromatic nitrogens is 3. The highest BCUT2D eigenvalue weighted by Crippen LogP contribution is 2.53. The average molecular weight is 604 g/mol. The van der Waals surface area contributed by atoms with Crippen LogP contribution in [0.25, 0.3) is 83.3 Å². The van der Waals surface area contributed by atoms with Gasteiger partial charge in [-0.2, -0.15) is 0 Å². The molecule has 222 valence electrons. The maximum Gasteiger partial charge on any atom is 0.180 e. The minimum absolute atomic E-state index is 0.0923. The third-order valence-corrected chi connectivity index (χ3v) is 10.0. The molecule has 6 aromatic carbocycles. The van der Waals surface area contributed by atoms with Gasteiger partial charge in [0, 0.05) is 44.0 Å². The van der Waals surface area contributed by atoms with Crippen LogP contribution in [0.2, 0.25) is 0 Å². The van der Waals surface area contributed by atoms with Crippen molar-refractivity contribution in [3.63, 3.8) is 0 Å². The van der Waals surface area contributed by atoms with Crippen LogP contribution in [-0.2, 0) is 5.41 Å². The van der Waals surface area contributed by atoms with E-state index in [-0.39, 0.29) is 5.41 Å². The van der Waals surface area contributed by atoms with Gasteiger partial charge in [-0.15, -0.1) is 0 Å². The molecule has 1 aliphatic rings. The van der Waals surface area contributed by atoms with Crippen LogP contribution in [0.4, 0.5) is 0 Å². The Morgan fingerprint density at radius 3 is 2.23 bits per heavy atom. The Balaban J connectivity index is 1.28. The molecular weight excluding hydrogens is 574 g/mol. The lowest BCUT2D eigenvalue weighted by Crippen LogP contribution is -2.14. The molecule has 3 aromatic heterocycles. The second-order valence-electron chi connectivity index (χ2n) is 13.0. The van der Waals surface area contributed by atoms with Crippen molar-refractivity contribution in [2.45, 2.75) is 19.3 Å². The van der Waals surface area contributed by atoms with Gasteiger partial charge in [0.15, 0.2) is 11.4 Å². The summed E-state index contributed by atoms with van der Waals surface area (Å²) in [7, 11) is 0. The Morgan fingerprint density at radius 2 is 1.34 bits per heavy atom. The molecule has 0 unspecified atom stereocenters. The second kappa shape index (κ2) is 9.51. The minimum atomic E-state index is -0.0923. The van der Waals surface area contributed by atoms with Crippen LogP contribution in [-0.4, -0.2) is 14.5 Å². The van der Waals surface area contributed by atoms with Crippen molar-refractivity contribution in [2.75, 3.05) is 0 Å². The molecule has 4 nitrogen and oxygen atoms in total. The number of hydrogen-bond donors (Lipinski definition) is 0. The summed E-state index contributed by atoms with van der Waals surface area (Å²) in [6, 6.07) is 49.3. The van der Waals surface area contributed by atoms with E-state index in [0.717, 1.165) is 39.0 Å². The summed E-state index contributed by atoms with van der Waals surface area (Å²) >= 11 is 0. The molecule has 0 saturated carbocycles. The Hall–Kier alpha value is -6.00. The predicted octanol–water partition coefficient (Wildman–Crippen LogP) is 11.1. The van der Waals surface area contributed by atoms with Crippen molar-refractivity contribution in [3.05, 3.63) is 151 Å². The second-order valence-corrected chi connectivity index (χ2v) is 13.0. The SMILES string of the molecule is CC1(C)c2ccccc2-c2c1ccc1c3ccccc3n(-c3cccc(-c4nc(-c5ccccc5)nc5c4oc4ccccc45)c3)c21. The third-order valence-electron chi connectivity index (χ3n) is 10.0. The van der Waals surface area contributed by atoms with Crippen LogP contribution in [0.3, 0.4) is 0 Å². The summed E-state index contributed by atoms with van der Waals surface area (Å²) in [6.45, 7) is 4.68. The number of fused-ring (bicyclic) bond motifs is 10. The molecule has 0 radical (unpaired) electrons. The molecule has 0 saturated heterocycles. The van der Waals surface area contributed by atoms with Gasteiger partial charge >= 0.3 is 0 Å². The van der Waals surface area contributed by atoms with E-state index in [0.29, 0.717) is 11.4 Å². The molecular formula is C43H29N3O. The summed E-state index contributed by atoms with van der Waals surface area (Å²) in [5, 5.41) is 3.48. The van der Waals surface area contributed by atoms with Crippen LogP contribution in [0.1, 0.15) is 25.0 Å². The van der Waals surface area contributed by atoms with Gasteiger partial charge in [-0.05, 0) is 47.0 Å². The zero-order valence-electron chi connectivity index (χ0n) is 26.0. The Kier molecular flexibility index (Phi) is 5.31. The summed E-state index contributed by atoms with van der Waals surface area (Å²) in [5.74, 6) is 0.679. The van der Waals surface area contributed by atoms with E-state index >= 15 is 0 Å². The van der Waals surface area contributed by atoms with Crippen molar-refractivity contribution in [3.8, 4) is 39.5 Å². The first-order valence-electron chi connectivity index (χ1n) is 16.1. The van der Waals surface area contributed by atoms with E-state index < -0.39 is 0 Å². The van der Waals surface area contributed by atoms with Gasteiger partial charge in [0.1, 0.15) is 16.8 Å². The Morgan fingerprint density at radius 1 is 0.596 bits per heavy atom. The molecule has 0 aliphatic heterocycles. The van der Waals surface area contributed by atoms with Gasteiger partial charge in [-0.3, -0.25) is 0 Å². The molecule has 0 bridgehead atoms. The summed E-state index contributed by atoms with van der Waals surface area (Å²) in [4.78, 5) is 10.2. The first-order valence-corrected chi connectivity index (χ1v) is 16.1. The first kappa shape index (κ1) is 26.2. The predicted molar refractivity (Wildman–Crippen MR) is 192 cm³/mol. The minimum Gasteiger partial charge on any atom is -0.452 e. The lowest BCUT2D eigenvalue weighted by Gasteiger charge is -2.21. The summed E-state index contributed by atoms with van der Waals surface area (Å²) < 4.78 is 8.94. The molecule has 4 heteroatoms. The first-order chi connectivity index (χ1) is 23.1. The van der Waals surface area contributed by atoms with E-state index in [1.165, 1.54) is 44.1 Å². The normalized spacial score (nSPS) is 13.5. The highest BCUT2D eigenvalue weighted by atomic mass is 16.3. The van der Waals surface area contributed by atoms with Crippen LogP contribution < -0.4 is 0 Å². The molecule has 0 N–H and O–H groups in total. The standard InChI is InChI=1S/C43H29N3O/c1-43(2)33-20-9-6-18-31(33)37-34(43)24-23-30-29-17-7-10-21-35(29)46(40(30)37)28-16-12-15-27(25-28)38-41-39(32-19-8-11-22-36(32)47-41)45-42(44-38)26-13-4-3-5-14-26/h3-25H,1-2H3. The summed E-state index contributed by atoms with van der Waals surface area (Å²) in [6.07, 6.45) is 0. The molecule has 0 amide bonds. The average Bonchev–Trinajstić information content (AvgIpc) is 3.74. The molecule has 0 atom stereocenters. The smallest absolute Gasteiger partial charge is 0.180 e. The summed E-state index contributed by atoms with van der Waals surface area (Å²) in [5.41, 5.74) is 13.8. The molecule has 9 aromatic rings. The fraction of sp³-hybridized carbons (Fsp3) is 0.0698. The molecule has 3 heterocycles. The molecule has 47 heavy (non-hydrogen) atoms. The van der Waals surface area contributed by atoms with Crippen molar-refractivity contribution in [1.29, 1.82) is 0 Å². The molecule has 1 aliphatic carbocycles. The van der Waals surface area contributed by atoms with Crippen molar-refractivity contribution in [2.24, 2.45) is 0 Å². The van der Waals surface area contributed by atoms with Crippen molar-refractivity contribution >= 4 is 43.9 Å². The van der Waals surface area contributed by atoms with E-state index in [1.54, 1.807) is 0 Å². The number of furan rings is 1. The molecule has 0 spiro atoms. The number of benzene rings is 6. The monoisotopic (exact) mass is 603 g/mol. The van der Waals surface area contributed by atoms with Crippen LogP contribution in [0, 0.1) is 0 Å². The van der Waals surface area contributed by atoms with Crippen LogP contribution >= 0.6 is 0 Å². The number of rotatable bonds is 3. The zero-order chi connectivity index (χ0) is 31.3. The van der Waals surface area contributed by atoms with E-state index in [2.05, 4.69) is 122 Å². The maximum absolute atomic E-state index is 6.49. The van der Waals surface area contributed by atoms with Gasteiger partial charge in [0.2, 0.25) is 0 Å². The largest absolute Gasteiger partial charge is 0.452 e. The van der Waals surface area contributed by atoms with E-state index in [4.69, 9.17) is 14.4 Å². The fourth-order valence-corrected chi connectivity index (χ4v) is 7.81. The van der Waals surface area contributed by atoms with E-state index in [1.807, 2.05) is 36.4 Å². The van der Waals surface area contributed by atoms with Gasteiger partial charge in [0.05, 0.1) is 11.0 Å². The van der Waals surface area contributed by atoms with Crippen LogP contribution in [0.5, 0.6) is 0 Å². The highest BCUT2D eigenvalue weighted by molar-refractivity contribution is 6.16. The number of para-hydroxylation sites is 2. The Bertz CT molecular complexity index is 2710. The lowest BCUT2D eigenvalue weighted by atomic mass is 9.82. The van der Waals surface area contributed by atoms with Crippen LogP contribution in [0.15, 0.2) is 144 Å². The number of nitrogens with zero attached hydrogens (tertiary/aromatic N) is 3. The van der Waals surface area contributed by atoms with Crippen molar-refractivity contribution in [1.82, 2.24) is 14.5 Å². The third kappa shape index (κ3) is 3.64. The molecule has 10 rings (SSSR count). The van der Waals surface area contributed by atoms with Crippen molar-refractivity contribution < 1.29 is 4.42 Å². The van der Waals surface area contributed by atoms with Gasteiger partial charge in [-0.1, -0.05) is 123 Å². The number of hydrogen-bond acceptors (Lipinski definition) is 3. The van der Waals surface area contributed by atoms with Gasteiger partial charge in [0.25, 0.3) is 0 Å². The lowest BCUT2D eigenvalue weighted by molar-refractivity contribution is 0.661. The van der Waals surface area contributed by atoms with Gasteiger partial charge < -0.3 is 8.98 Å². The quantitative estimate of drug-likeness (QED) is 0.202. The molecule has 0 fully saturated rings. The maximum atomic E-state index is 6.49. The zero-order valence-corrected chi connectivity index (χ0v) is 26.0. The highest BCUT2D eigenvalue weighted by Gasteiger charge is 2.37. The van der Waals surface area contributed by atoms with E-state index in [9.17, 15) is 0 Å². The topological polar surface area (TPSA) is 43.9 Å².